The molecule has 0 aromatic rings. The minimum atomic E-state index is -0.457. The number of rotatable bonds is 8. The Hall–Kier alpha value is -1.06. The van der Waals surface area contributed by atoms with E-state index in [0.29, 0.717) is 13.0 Å². The van der Waals surface area contributed by atoms with Gasteiger partial charge in [-0.2, -0.15) is 0 Å². The van der Waals surface area contributed by atoms with Crippen LogP contribution in [0.25, 0.3) is 0 Å². The third kappa shape index (κ3) is 10.9. The molecule has 0 aromatic carbocycles. The van der Waals surface area contributed by atoms with Crippen LogP contribution >= 0.6 is 0 Å². The number of ketones is 1. The molecule has 82 valence electrons. The maximum absolute atomic E-state index is 10.6. The molecule has 0 aliphatic rings. The normalized spacial score (nSPS) is 9.79. The molecule has 0 unspecified atom stereocenters. The van der Waals surface area contributed by atoms with Gasteiger partial charge in [-0.15, -0.1) is 0 Å². The third-order valence-electron chi connectivity index (χ3n) is 2.00. The molecule has 0 heterocycles. The van der Waals surface area contributed by atoms with Crippen LogP contribution in [-0.4, -0.2) is 18.4 Å². The maximum atomic E-state index is 10.6. The second kappa shape index (κ2) is 8.53. The van der Waals surface area contributed by atoms with Crippen molar-refractivity contribution in [2.24, 2.45) is 5.73 Å². The van der Waals surface area contributed by atoms with Crippen LogP contribution in [0.15, 0.2) is 0 Å². The molecule has 0 aliphatic carbocycles. The van der Waals surface area contributed by atoms with E-state index >= 15 is 0 Å². The molecule has 0 fully saturated rings. The highest BCUT2D eigenvalue weighted by Gasteiger charge is 1.95. The summed E-state index contributed by atoms with van der Waals surface area (Å²) in [4.78, 5) is 20.9. The van der Waals surface area contributed by atoms with Gasteiger partial charge < -0.3 is 15.8 Å². The highest BCUT2D eigenvalue weighted by Crippen LogP contribution is 2.04. The number of primary amides is 1. The maximum Gasteiger partial charge on any atom is 0.312 e. The van der Waals surface area contributed by atoms with Crippen LogP contribution in [-0.2, 0) is 4.79 Å². The van der Waals surface area contributed by atoms with Crippen LogP contribution in [0.2, 0.25) is 0 Å². The summed E-state index contributed by atoms with van der Waals surface area (Å²) in [6, 6.07) is -0.457. The minimum Gasteiger partial charge on any atom is -0.352 e. The third-order valence-corrected chi connectivity index (χ3v) is 2.00. The second-order valence-corrected chi connectivity index (χ2v) is 3.51. The predicted molar refractivity (Wildman–Crippen MR) is 56.0 cm³/mol. The second-order valence-electron chi connectivity index (χ2n) is 3.51. The van der Waals surface area contributed by atoms with E-state index in [-0.39, 0.29) is 5.78 Å². The van der Waals surface area contributed by atoms with Crippen molar-refractivity contribution in [3.8, 4) is 0 Å². The van der Waals surface area contributed by atoms with Gasteiger partial charge in [0.25, 0.3) is 0 Å². The number of nitrogens with one attached hydrogen (secondary N) is 1. The number of unbranched alkanes of at least 4 members (excludes halogenated alkanes) is 4. The van der Waals surface area contributed by atoms with Gasteiger partial charge in [0.15, 0.2) is 0 Å². The molecule has 3 N–H and O–H groups in total. The Morgan fingerprint density at radius 2 is 1.64 bits per heavy atom. The van der Waals surface area contributed by atoms with Crippen molar-refractivity contribution in [3.05, 3.63) is 0 Å². The van der Waals surface area contributed by atoms with Gasteiger partial charge in [-0.3, -0.25) is 0 Å². The van der Waals surface area contributed by atoms with Crippen molar-refractivity contribution < 1.29 is 9.59 Å². The number of nitrogens with two attached hydrogens (primary N) is 1. The number of amides is 2. The van der Waals surface area contributed by atoms with Crippen molar-refractivity contribution in [2.75, 3.05) is 6.54 Å². The summed E-state index contributed by atoms with van der Waals surface area (Å²) in [6.07, 6.45) is 5.93. The van der Waals surface area contributed by atoms with Crippen LogP contribution in [0, 0.1) is 0 Å². The molecule has 4 nitrogen and oxygen atoms in total. The molecular formula is C10H20N2O2. The molecule has 0 rings (SSSR count). The van der Waals surface area contributed by atoms with Crippen molar-refractivity contribution in [1.29, 1.82) is 0 Å². The molecule has 0 radical (unpaired) electrons. The van der Waals surface area contributed by atoms with Gasteiger partial charge in [-0.25, -0.2) is 4.79 Å². The number of urea groups is 1. The number of hydrogen-bond acceptors (Lipinski definition) is 2. The minimum absolute atomic E-state index is 0.264. The van der Waals surface area contributed by atoms with Gasteiger partial charge in [-0.05, 0) is 19.8 Å². The van der Waals surface area contributed by atoms with Crippen molar-refractivity contribution in [1.82, 2.24) is 5.32 Å². The quantitative estimate of drug-likeness (QED) is 0.584. The lowest BCUT2D eigenvalue weighted by Crippen LogP contribution is -2.29. The Morgan fingerprint density at radius 3 is 2.21 bits per heavy atom. The topological polar surface area (TPSA) is 72.2 Å². The zero-order chi connectivity index (χ0) is 10.8. The summed E-state index contributed by atoms with van der Waals surface area (Å²) in [7, 11) is 0. The predicted octanol–water partition coefficient (Wildman–Crippen LogP) is 1.58. The highest BCUT2D eigenvalue weighted by molar-refractivity contribution is 5.75. The first-order chi connectivity index (χ1) is 6.63. The van der Waals surface area contributed by atoms with Gasteiger partial charge in [-0.1, -0.05) is 19.3 Å². The zero-order valence-electron chi connectivity index (χ0n) is 8.84. The molecular weight excluding hydrogens is 180 g/mol. The molecule has 0 saturated carbocycles. The van der Waals surface area contributed by atoms with Gasteiger partial charge >= 0.3 is 6.03 Å². The Balaban J connectivity index is 2.99. The van der Waals surface area contributed by atoms with Crippen LogP contribution < -0.4 is 11.1 Å². The summed E-state index contributed by atoms with van der Waals surface area (Å²) >= 11 is 0. The summed E-state index contributed by atoms with van der Waals surface area (Å²) in [6.45, 7) is 2.28. The van der Waals surface area contributed by atoms with Gasteiger partial charge in [0.05, 0.1) is 0 Å². The molecule has 0 aromatic heterocycles. The first-order valence-corrected chi connectivity index (χ1v) is 5.15. The summed E-state index contributed by atoms with van der Waals surface area (Å²) in [5.74, 6) is 0.264. The van der Waals surface area contributed by atoms with Crippen LogP contribution in [0.3, 0.4) is 0 Å². The lowest BCUT2D eigenvalue weighted by Gasteiger charge is -2.01. The fourth-order valence-electron chi connectivity index (χ4n) is 1.24. The average Bonchev–Trinajstić information content (AvgIpc) is 2.08. The lowest BCUT2D eigenvalue weighted by atomic mass is 10.1. The van der Waals surface area contributed by atoms with E-state index in [1.807, 2.05) is 0 Å². The molecule has 2 amide bonds. The summed E-state index contributed by atoms with van der Waals surface area (Å²) < 4.78 is 0. The molecule has 0 bridgehead atoms. The Kier molecular flexibility index (Phi) is 7.89. The van der Waals surface area contributed by atoms with E-state index < -0.39 is 6.03 Å². The monoisotopic (exact) mass is 200 g/mol. The van der Waals surface area contributed by atoms with E-state index in [1.165, 1.54) is 0 Å². The van der Waals surface area contributed by atoms with Crippen LogP contribution in [0.1, 0.15) is 45.4 Å². The van der Waals surface area contributed by atoms with E-state index in [1.54, 1.807) is 6.92 Å². The van der Waals surface area contributed by atoms with Gasteiger partial charge in [0.2, 0.25) is 0 Å². The largest absolute Gasteiger partial charge is 0.352 e. The van der Waals surface area contributed by atoms with Crippen molar-refractivity contribution >= 4 is 11.8 Å². The lowest BCUT2D eigenvalue weighted by molar-refractivity contribution is -0.117. The smallest absolute Gasteiger partial charge is 0.312 e. The number of carbonyl (C=O) groups is 2. The molecule has 0 atom stereocenters. The van der Waals surface area contributed by atoms with Crippen molar-refractivity contribution in [3.63, 3.8) is 0 Å². The van der Waals surface area contributed by atoms with E-state index in [9.17, 15) is 9.59 Å². The first-order valence-electron chi connectivity index (χ1n) is 5.15. The first kappa shape index (κ1) is 12.9. The Bertz CT molecular complexity index is 161. The Morgan fingerprint density at radius 1 is 1.07 bits per heavy atom. The molecule has 0 aliphatic heterocycles. The fourth-order valence-corrected chi connectivity index (χ4v) is 1.24. The highest BCUT2D eigenvalue weighted by atomic mass is 16.2. The van der Waals surface area contributed by atoms with Gasteiger partial charge in [0, 0.05) is 13.0 Å². The molecule has 14 heavy (non-hydrogen) atoms. The average molecular weight is 200 g/mol. The SMILES string of the molecule is CC(=O)CCCCCCCNC(N)=O. The van der Waals surface area contributed by atoms with E-state index in [4.69, 9.17) is 5.73 Å². The molecule has 0 saturated heterocycles. The summed E-state index contributed by atoms with van der Waals surface area (Å²) in [5, 5.41) is 2.54. The van der Waals surface area contributed by atoms with E-state index in [0.717, 1.165) is 32.1 Å². The fraction of sp³-hybridized carbons (Fsp3) is 0.800. The standard InChI is InChI=1S/C10H20N2O2/c1-9(13)7-5-3-2-4-6-8-12-10(11)14/h2-8H2,1H3,(H3,11,12,14). The Labute approximate surface area is 85.2 Å². The van der Waals surface area contributed by atoms with Gasteiger partial charge in [0.1, 0.15) is 5.78 Å². The number of hydrogen-bond donors (Lipinski definition) is 2. The van der Waals surface area contributed by atoms with Crippen LogP contribution in [0.5, 0.6) is 0 Å². The van der Waals surface area contributed by atoms with E-state index in [2.05, 4.69) is 5.32 Å². The zero-order valence-corrected chi connectivity index (χ0v) is 8.84. The number of Topliss-reactive ketones (excluding diaryl/α,β-unsaturated/α-hetero) is 1. The molecule has 0 spiro atoms. The van der Waals surface area contributed by atoms with Crippen molar-refractivity contribution in [2.45, 2.75) is 45.4 Å². The number of carbonyl (C=O) groups excluding carboxylic acids is 2. The summed E-state index contributed by atoms with van der Waals surface area (Å²) in [5.41, 5.74) is 4.90. The van der Waals surface area contributed by atoms with Crippen LogP contribution in [0.4, 0.5) is 4.79 Å². The molecule has 4 heteroatoms.